The highest BCUT2D eigenvalue weighted by molar-refractivity contribution is 8.77. The van der Waals surface area contributed by atoms with Gasteiger partial charge in [-0.3, -0.25) is 0 Å². The third-order valence-electron chi connectivity index (χ3n) is 0.284. The van der Waals surface area contributed by atoms with Crippen LogP contribution in [0.5, 0.6) is 0 Å². The zero-order valence-electron chi connectivity index (χ0n) is 3.93. The molecule has 0 aliphatic heterocycles. The van der Waals surface area contributed by atoms with Gasteiger partial charge in [0.05, 0.1) is 0 Å². The topological polar surface area (TPSA) is 0 Å². The van der Waals surface area contributed by atoms with Crippen molar-refractivity contribution < 1.29 is 0 Å². The van der Waals surface area contributed by atoms with Crippen LogP contribution in [0.25, 0.3) is 0 Å². The molecule has 0 saturated heterocycles. The van der Waals surface area contributed by atoms with Crippen molar-refractivity contribution in [2.75, 3.05) is 17.6 Å². The van der Waals surface area contributed by atoms with Gasteiger partial charge in [-0.05, 0) is 12.5 Å². The summed E-state index contributed by atoms with van der Waals surface area (Å²) in [7, 11) is 3.71. The van der Waals surface area contributed by atoms with Crippen molar-refractivity contribution in [3.05, 3.63) is 0 Å². The molecule has 0 N–H and O–H groups in total. The summed E-state index contributed by atoms with van der Waals surface area (Å²) in [5, 5.41) is 1.21. The van der Waals surface area contributed by atoms with Gasteiger partial charge in [-0.25, -0.2) is 0 Å². The minimum atomic E-state index is 1.21. The van der Waals surface area contributed by atoms with E-state index in [1.165, 1.54) is 5.08 Å². The molecule has 38 valence electrons. The van der Waals surface area contributed by atoms with Crippen molar-refractivity contribution in [2.24, 2.45) is 0 Å². The molecule has 0 bridgehead atoms. The molecule has 0 aromatic carbocycles. The zero-order valence-corrected chi connectivity index (χ0v) is 6.38. The summed E-state index contributed by atoms with van der Waals surface area (Å²) >= 11 is 1.87. The minimum absolute atomic E-state index is 1.21. The molecule has 6 heavy (non-hydrogen) atoms. The Morgan fingerprint density at radius 3 is 2.17 bits per heavy atom. The summed E-state index contributed by atoms with van der Waals surface area (Å²) in [5.74, 6) is 0. The van der Waals surface area contributed by atoms with Gasteiger partial charge in [0, 0.05) is 5.08 Å². The van der Waals surface area contributed by atoms with Crippen molar-refractivity contribution in [2.45, 2.75) is 0 Å². The standard InChI is InChI=1S/C3H8S3/c1-4-3-6-5-2/h3H2,1-2H3. The Balaban J connectivity index is 2.34. The van der Waals surface area contributed by atoms with Crippen molar-refractivity contribution in [1.82, 2.24) is 0 Å². The Morgan fingerprint density at radius 1 is 1.33 bits per heavy atom. The number of hydrogen-bond acceptors (Lipinski definition) is 3. The predicted molar refractivity (Wildman–Crippen MR) is 39.5 cm³/mol. The quantitative estimate of drug-likeness (QED) is 0.335. The van der Waals surface area contributed by atoms with Crippen molar-refractivity contribution >= 4 is 33.3 Å². The molecule has 0 aliphatic carbocycles. The SMILES string of the molecule is CSCSSC. The lowest BCUT2D eigenvalue weighted by atomic mass is 11.9. The first-order valence-electron chi connectivity index (χ1n) is 1.56. The lowest BCUT2D eigenvalue weighted by molar-refractivity contribution is 2.25. The van der Waals surface area contributed by atoms with Crippen LogP contribution in [0, 0.1) is 0 Å². The van der Waals surface area contributed by atoms with Crippen LogP contribution in [0.2, 0.25) is 0 Å². The summed E-state index contributed by atoms with van der Waals surface area (Å²) in [4.78, 5) is 0. The Bertz CT molecular complexity index is 18.0. The second-order valence-electron chi connectivity index (χ2n) is 0.691. The lowest BCUT2D eigenvalue weighted by Gasteiger charge is -1.86. The first kappa shape index (κ1) is 7.05. The molecule has 0 rings (SSSR count). The molecular weight excluding hydrogens is 132 g/mol. The van der Waals surface area contributed by atoms with E-state index in [0.717, 1.165) is 0 Å². The van der Waals surface area contributed by atoms with Gasteiger partial charge < -0.3 is 0 Å². The molecule has 0 radical (unpaired) electrons. The normalized spacial score (nSPS) is 9.00. The summed E-state index contributed by atoms with van der Waals surface area (Å²) in [5.41, 5.74) is 0. The fraction of sp³-hybridized carbons (Fsp3) is 1.00. The average Bonchev–Trinajstić information content (AvgIpc) is 1.61. The van der Waals surface area contributed by atoms with E-state index in [9.17, 15) is 0 Å². The third kappa shape index (κ3) is 5.05. The monoisotopic (exact) mass is 140 g/mol. The van der Waals surface area contributed by atoms with E-state index in [1.807, 2.05) is 33.3 Å². The first-order valence-corrected chi connectivity index (χ1v) is 5.68. The van der Waals surface area contributed by atoms with Crippen LogP contribution in [0.4, 0.5) is 0 Å². The fourth-order valence-electron chi connectivity index (χ4n) is 0.0962. The molecule has 0 fully saturated rings. The van der Waals surface area contributed by atoms with Gasteiger partial charge in [-0.15, -0.1) is 0 Å². The third-order valence-corrected chi connectivity index (χ3v) is 3.42. The molecule has 0 saturated carbocycles. The van der Waals surface area contributed by atoms with Gasteiger partial charge in [-0.2, -0.15) is 11.8 Å². The van der Waals surface area contributed by atoms with Gasteiger partial charge in [-0.1, -0.05) is 21.6 Å². The Kier molecular flexibility index (Phi) is 7.11. The van der Waals surface area contributed by atoms with Crippen LogP contribution in [0.3, 0.4) is 0 Å². The fourth-order valence-corrected chi connectivity index (χ4v) is 2.60. The van der Waals surface area contributed by atoms with E-state index in [4.69, 9.17) is 0 Å². The number of hydrogen-bond donors (Lipinski definition) is 0. The van der Waals surface area contributed by atoms with E-state index >= 15 is 0 Å². The maximum absolute atomic E-state index is 2.11. The van der Waals surface area contributed by atoms with Crippen LogP contribution in [-0.2, 0) is 0 Å². The highest BCUT2D eigenvalue weighted by Crippen LogP contribution is 2.20. The largest absolute Gasteiger partial charge is 0.154 e. The number of thioether (sulfide) groups is 1. The van der Waals surface area contributed by atoms with Crippen molar-refractivity contribution in [1.29, 1.82) is 0 Å². The Morgan fingerprint density at radius 2 is 2.00 bits per heavy atom. The van der Waals surface area contributed by atoms with Crippen molar-refractivity contribution in [3.8, 4) is 0 Å². The molecule has 3 heteroatoms. The highest BCUT2D eigenvalue weighted by atomic mass is 33.1. The van der Waals surface area contributed by atoms with E-state index in [1.54, 1.807) is 0 Å². The van der Waals surface area contributed by atoms with Gasteiger partial charge >= 0.3 is 0 Å². The summed E-state index contributed by atoms with van der Waals surface area (Å²) in [6, 6.07) is 0. The van der Waals surface area contributed by atoms with E-state index < -0.39 is 0 Å². The van der Waals surface area contributed by atoms with Crippen LogP contribution in [-0.4, -0.2) is 17.6 Å². The molecular formula is C3H8S3. The molecule has 0 aliphatic rings. The highest BCUT2D eigenvalue weighted by Gasteiger charge is 1.75. The maximum Gasteiger partial charge on any atom is 0.0493 e. The molecule has 0 amide bonds. The smallest absolute Gasteiger partial charge is 0.0493 e. The Labute approximate surface area is 51.2 Å². The van der Waals surface area contributed by atoms with Crippen LogP contribution >= 0.6 is 33.3 Å². The second-order valence-corrected chi connectivity index (χ2v) is 4.49. The van der Waals surface area contributed by atoms with Gasteiger partial charge in [0.1, 0.15) is 0 Å². The van der Waals surface area contributed by atoms with Crippen LogP contribution < -0.4 is 0 Å². The van der Waals surface area contributed by atoms with Crippen LogP contribution in [0.1, 0.15) is 0 Å². The predicted octanol–water partition coefficient (Wildman–Crippen LogP) is 2.32. The number of rotatable bonds is 3. The molecule has 0 spiro atoms. The molecule has 0 heterocycles. The van der Waals surface area contributed by atoms with Crippen LogP contribution in [0.15, 0.2) is 0 Å². The molecule has 0 aromatic rings. The Hall–Kier alpha value is 1.05. The van der Waals surface area contributed by atoms with E-state index in [2.05, 4.69) is 12.5 Å². The summed E-state index contributed by atoms with van der Waals surface area (Å²) in [6.07, 6.45) is 4.21. The van der Waals surface area contributed by atoms with Gasteiger partial charge in [0.25, 0.3) is 0 Å². The van der Waals surface area contributed by atoms with E-state index in [0.29, 0.717) is 0 Å². The van der Waals surface area contributed by atoms with Crippen molar-refractivity contribution in [3.63, 3.8) is 0 Å². The summed E-state index contributed by atoms with van der Waals surface area (Å²) < 4.78 is 0. The zero-order chi connectivity index (χ0) is 4.83. The first-order chi connectivity index (χ1) is 2.91. The second kappa shape index (κ2) is 6.05. The molecule has 0 aromatic heterocycles. The minimum Gasteiger partial charge on any atom is -0.154 e. The molecule has 0 atom stereocenters. The molecule has 0 unspecified atom stereocenters. The average molecular weight is 140 g/mol. The lowest BCUT2D eigenvalue weighted by Crippen LogP contribution is -1.55. The molecule has 0 nitrogen and oxygen atoms in total. The van der Waals surface area contributed by atoms with Gasteiger partial charge in [0.15, 0.2) is 0 Å². The maximum atomic E-state index is 2.11. The summed E-state index contributed by atoms with van der Waals surface area (Å²) in [6.45, 7) is 0. The van der Waals surface area contributed by atoms with E-state index in [-0.39, 0.29) is 0 Å². The van der Waals surface area contributed by atoms with Gasteiger partial charge in [0.2, 0.25) is 0 Å².